The van der Waals surface area contributed by atoms with Crippen molar-refractivity contribution in [1.29, 1.82) is 0 Å². The summed E-state index contributed by atoms with van der Waals surface area (Å²) in [6.07, 6.45) is 0. The van der Waals surface area contributed by atoms with Gasteiger partial charge < -0.3 is 23.8 Å². The summed E-state index contributed by atoms with van der Waals surface area (Å²) in [7, 11) is 1.18. The van der Waals surface area contributed by atoms with Gasteiger partial charge in [-0.05, 0) is 36.9 Å². The zero-order valence-electron chi connectivity index (χ0n) is 18.5. The molecule has 9 nitrogen and oxygen atoms in total. The van der Waals surface area contributed by atoms with E-state index in [1.807, 2.05) is 18.2 Å². The second-order valence-corrected chi connectivity index (χ2v) is 9.57. The number of hydrogen-bond acceptors (Lipinski definition) is 8. The fraction of sp³-hybridized carbons (Fsp3) is 0.455. The molecule has 0 radical (unpaired) electrons. The fourth-order valence-electron chi connectivity index (χ4n) is 3.97. The maximum absolute atomic E-state index is 13.2. The summed E-state index contributed by atoms with van der Waals surface area (Å²) in [5.74, 6) is 2.08. The second-order valence-electron chi connectivity index (χ2n) is 7.84. The van der Waals surface area contributed by atoms with Crippen LogP contribution in [0.3, 0.4) is 0 Å². The topological polar surface area (TPSA) is 89.6 Å². The van der Waals surface area contributed by atoms with Crippen molar-refractivity contribution in [3.8, 4) is 23.0 Å². The van der Waals surface area contributed by atoms with Gasteiger partial charge in [-0.1, -0.05) is 6.07 Å². The molecule has 0 unspecified atom stereocenters. The minimum atomic E-state index is -3.85. The maximum atomic E-state index is 13.2. The number of methoxy groups -OCH3 is 2. The number of ether oxygens (including phenoxy) is 4. The Labute approximate surface area is 188 Å². The van der Waals surface area contributed by atoms with Crippen LogP contribution in [0.2, 0.25) is 0 Å². The molecule has 2 aliphatic rings. The van der Waals surface area contributed by atoms with E-state index in [2.05, 4.69) is 21.6 Å². The number of fused-ring (bicyclic) bond motifs is 1. The molecule has 0 aromatic heterocycles. The molecule has 2 aromatic rings. The summed E-state index contributed by atoms with van der Waals surface area (Å²) in [5.41, 5.74) is 0.971. The third kappa shape index (κ3) is 4.78. The number of rotatable bonds is 8. The zero-order valence-corrected chi connectivity index (χ0v) is 19.4. The summed E-state index contributed by atoms with van der Waals surface area (Å²) >= 11 is 0. The predicted octanol–water partition coefficient (Wildman–Crippen LogP) is 1.70. The van der Waals surface area contributed by atoms with E-state index < -0.39 is 10.0 Å². The average Bonchev–Trinajstić information content (AvgIpc) is 3.28. The van der Waals surface area contributed by atoms with Crippen LogP contribution in [0.5, 0.6) is 23.0 Å². The van der Waals surface area contributed by atoms with Gasteiger partial charge in [-0.15, -0.1) is 0 Å². The summed E-state index contributed by atoms with van der Waals surface area (Å²) in [5, 5.41) is 0. The van der Waals surface area contributed by atoms with Crippen LogP contribution in [0.4, 0.5) is 0 Å². The van der Waals surface area contributed by atoms with Crippen LogP contribution in [-0.4, -0.2) is 79.0 Å². The highest BCUT2D eigenvalue weighted by Gasteiger charge is 2.28. The molecule has 32 heavy (non-hydrogen) atoms. The summed E-state index contributed by atoms with van der Waals surface area (Å²) < 4.78 is 50.7. The molecular weight excluding hydrogens is 434 g/mol. The standard InChI is InChI=1S/C22H29N3O6S/c1-24-8-10-25(11-9-24)18(16-4-6-19-21(12-16)31-15-30-19)14-23-32(26,27)22-13-17(28-2)5-7-20(22)29-3/h4-7,12-13,18,23H,8-11,14-15H2,1-3H3/t18-/m0/s1. The molecule has 0 bridgehead atoms. The smallest absolute Gasteiger partial charge is 0.244 e. The van der Waals surface area contributed by atoms with Gasteiger partial charge in [0, 0.05) is 44.8 Å². The van der Waals surface area contributed by atoms with Gasteiger partial charge in [-0.2, -0.15) is 0 Å². The number of nitrogens with zero attached hydrogens (tertiary/aromatic N) is 2. The van der Waals surface area contributed by atoms with Gasteiger partial charge in [0.05, 0.1) is 14.2 Å². The zero-order chi connectivity index (χ0) is 22.7. The van der Waals surface area contributed by atoms with Gasteiger partial charge >= 0.3 is 0 Å². The molecule has 1 saturated heterocycles. The van der Waals surface area contributed by atoms with Gasteiger partial charge in [0.25, 0.3) is 0 Å². The first-order valence-corrected chi connectivity index (χ1v) is 11.9. The Kier molecular flexibility index (Phi) is 6.75. The monoisotopic (exact) mass is 463 g/mol. The highest BCUT2D eigenvalue weighted by Crippen LogP contribution is 2.36. The van der Waals surface area contributed by atoms with Crippen LogP contribution in [-0.2, 0) is 10.0 Å². The van der Waals surface area contributed by atoms with E-state index in [-0.39, 0.29) is 30.0 Å². The molecule has 0 spiro atoms. The normalized spacial score (nSPS) is 17.8. The van der Waals surface area contributed by atoms with E-state index in [1.165, 1.54) is 20.3 Å². The molecule has 4 rings (SSSR count). The van der Waals surface area contributed by atoms with Crippen LogP contribution < -0.4 is 23.7 Å². The molecule has 174 valence electrons. The van der Waals surface area contributed by atoms with E-state index in [4.69, 9.17) is 18.9 Å². The van der Waals surface area contributed by atoms with E-state index >= 15 is 0 Å². The molecule has 2 aliphatic heterocycles. The minimum absolute atomic E-state index is 0.0437. The van der Waals surface area contributed by atoms with Crippen molar-refractivity contribution in [1.82, 2.24) is 14.5 Å². The van der Waals surface area contributed by atoms with E-state index in [1.54, 1.807) is 12.1 Å². The number of piperazine rings is 1. The fourth-order valence-corrected chi connectivity index (χ4v) is 5.19. The van der Waals surface area contributed by atoms with Crippen molar-refractivity contribution >= 4 is 10.0 Å². The Hall–Kier alpha value is -2.53. The van der Waals surface area contributed by atoms with Crippen molar-refractivity contribution in [2.24, 2.45) is 0 Å². The Morgan fingerprint density at radius 2 is 1.75 bits per heavy atom. The first-order chi connectivity index (χ1) is 15.4. The quantitative estimate of drug-likeness (QED) is 0.633. The Bertz CT molecular complexity index is 1050. The van der Waals surface area contributed by atoms with Crippen LogP contribution >= 0.6 is 0 Å². The third-order valence-electron chi connectivity index (χ3n) is 5.89. The van der Waals surface area contributed by atoms with Gasteiger partial charge in [-0.25, -0.2) is 13.1 Å². The first-order valence-electron chi connectivity index (χ1n) is 10.4. The van der Waals surface area contributed by atoms with Crippen molar-refractivity contribution in [3.63, 3.8) is 0 Å². The van der Waals surface area contributed by atoms with E-state index in [9.17, 15) is 8.42 Å². The van der Waals surface area contributed by atoms with Gasteiger partial charge in [0.15, 0.2) is 11.5 Å². The van der Waals surface area contributed by atoms with E-state index in [0.717, 1.165) is 31.7 Å². The van der Waals surface area contributed by atoms with Crippen LogP contribution in [0.1, 0.15) is 11.6 Å². The van der Waals surface area contributed by atoms with Crippen molar-refractivity contribution in [2.75, 3.05) is 60.8 Å². The van der Waals surface area contributed by atoms with Gasteiger partial charge in [-0.3, -0.25) is 4.90 Å². The Morgan fingerprint density at radius 3 is 2.47 bits per heavy atom. The van der Waals surface area contributed by atoms with Crippen LogP contribution in [0.25, 0.3) is 0 Å². The predicted molar refractivity (Wildman–Crippen MR) is 119 cm³/mol. The Morgan fingerprint density at radius 1 is 1.00 bits per heavy atom. The SMILES string of the molecule is COc1ccc(OC)c(S(=O)(=O)NC[C@@H](c2ccc3c(c2)OCO3)N2CCN(C)CC2)c1. The number of benzene rings is 2. The number of hydrogen-bond donors (Lipinski definition) is 1. The highest BCUT2D eigenvalue weighted by molar-refractivity contribution is 7.89. The molecule has 10 heteroatoms. The largest absolute Gasteiger partial charge is 0.497 e. The molecule has 0 saturated carbocycles. The minimum Gasteiger partial charge on any atom is -0.497 e. The molecular formula is C22H29N3O6S. The molecule has 2 heterocycles. The second kappa shape index (κ2) is 9.53. The van der Waals surface area contributed by atoms with Crippen molar-refractivity contribution in [2.45, 2.75) is 10.9 Å². The summed E-state index contributed by atoms with van der Waals surface area (Å²) in [4.78, 5) is 4.60. The molecule has 0 amide bonds. The van der Waals surface area contributed by atoms with E-state index in [0.29, 0.717) is 17.2 Å². The van der Waals surface area contributed by atoms with Crippen LogP contribution in [0.15, 0.2) is 41.3 Å². The lowest BCUT2D eigenvalue weighted by atomic mass is 10.0. The number of sulfonamides is 1. The molecule has 1 atom stereocenters. The van der Waals surface area contributed by atoms with Gasteiger partial charge in [0.1, 0.15) is 16.4 Å². The molecule has 2 aromatic carbocycles. The third-order valence-corrected chi connectivity index (χ3v) is 7.33. The molecule has 0 aliphatic carbocycles. The van der Waals surface area contributed by atoms with Crippen LogP contribution in [0, 0.1) is 0 Å². The number of nitrogens with one attached hydrogen (secondary N) is 1. The lowest BCUT2D eigenvalue weighted by molar-refractivity contribution is 0.112. The average molecular weight is 464 g/mol. The molecule has 1 N–H and O–H groups in total. The number of likely N-dealkylation sites (N-methyl/N-ethyl adjacent to an activating group) is 1. The highest BCUT2D eigenvalue weighted by atomic mass is 32.2. The summed E-state index contributed by atoms with van der Waals surface area (Å²) in [6.45, 7) is 3.89. The summed E-state index contributed by atoms with van der Waals surface area (Å²) in [6, 6.07) is 10.3. The van der Waals surface area contributed by atoms with Crippen molar-refractivity contribution in [3.05, 3.63) is 42.0 Å². The first kappa shape index (κ1) is 22.7. The maximum Gasteiger partial charge on any atom is 0.244 e. The Balaban J connectivity index is 1.60. The molecule has 1 fully saturated rings. The lowest BCUT2D eigenvalue weighted by Crippen LogP contribution is -2.48. The van der Waals surface area contributed by atoms with Gasteiger partial charge in [0.2, 0.25) is 16.8 Å². The van der Waals surface area contributed by atoms with Crippen molar-refractivity contribution < 1.29 is 27.4 Å². The lowest BCUT2D eigenvalue weighted by Gasteiger charge is -2.38.